The predicted octanol–water partition coefficient (Wildman–Crippen LogP) is 2.24. The number of fused-ring (bicyclic) bond motifs is 4. The fourth-order valence-electron chi connectivity index (χ4n) is 4.21. The lowest BCUT2D eigenvalue weighted by molar-refractivity contribution is -0.138. The van der Waals surface area contributed by atoms with Gasteiger partial charge in [-0.15, -0.1) is 0 Å². The maximum atomic E-state index is 14.1. The van der Waals surface area contributed by atoms with E-state index in [1.54, 1.807) is 6.07 Å². The standard InChI is InChI=1S/C18H23FN2O3S/c19-16-6-1-2-7-17(16)25(23,24)21-11-13-8-9-15(21)12-20(10-13)18(22)14-4-3-5-14/h1-2,6-7,13-15H,3-5,8-12H2/t13-,15+/m0/s1. The van der Waals surface area contributed by atoms with E-state index in [4.69, 9.17) is 0 Å². The zero-order chi connectivity index (χ0) is 17.6. The SMILES string of the molecule is O=C(C1CCC1)N1C[C@@H]2CC[C@H](C1)N(S(=O)(=O)c1ccccc1F)C2. The van der Waals surface area contributed by atoms with E-state index >= 15 is 0 Å². The van der Waals surface area contributed by atoms with E-state index in [1.165, 1.54) is 22.5 Å². The Hall–Kier alpha value is -1.47. The van der Waals surface area contributed by atoms with Gasteiger partial charge in [-0.3, -0.25) is 4.79 Å². The molecule has 2 atom stereocenters. The van der Waals surface area contributed by atoms with Crippen LogP contribution >= 0.6 is 0 Å². The summed E-state index contributed by atoms with van der Waals surface area (Å²) in [5.74, 6) is -0.295. The summed E-state index contributed by atoms with van der Waals surface area (Å²) < 4.78 is 41.5. The Morgan fingerprint density at radius 1 is 1.04 bits per heavy atom. The minimum atomic E-state index is -3.89. The Morgan fingerprint density at radius 3 is 2.48 bits per heavy atom. The molecular weight excluding hydrogens is 343 g/mol. The minimum absolute atomic E-state index is 0.120. The number of hydrogen-bond donors (Lipinski definition) is 0. The van der Waals surface area contributed by atoms with Crippen LogP contribution in [0.25, 0.3) is 0 Å². The molecule has 5 nitrogen and oxygen atoms in total. The molecule has 0 spiro atoms. The van der Waals surface area contributed by atoms with Gasteiger partial charge in [0.1, 0.15) is 10.7 Å². The van der Waals surface area contributed by atoms with Crippen LogP contribution in [0, 0.1) is 17.7 Å². The van der Waals surface area contributed by atoms with Crippen molar-refractivity contribution >= 4 is 15.9 Å². The first kappa shape index (κ1) is 17.0. The van der Waals surface area contributed by atoms with Gasteiger partial charge in [0.25, 0.3) is 0 Å². The van der Waals surface area contributed by atoms with E-state index in [9.17, 15) is 17.6 Å². The van der Waals surface area contributed by atoms with Crippen LogP contribution < -0.4 is 0 Å². The van der Waals surface area contributed by atoms with Crippen LogP contribution in [-0.2, 0) is 14.8 Å². The first-order chi connectivity index (χ1) is 12.0. The number of nitrogens with zero attached hydrogens (tertiary/aromatic N) is 2. The maximum Gasteiger partial charge on any atom is 0.246 e. The van der Waals surface area contributed by atoms with Crippen molar-refractivity contribution in [2.45, 2.75) is 43.0 Å². The van der Waals surface area contributed by atoms with E-state index in [2.05, 4.69) is 0 Å². The van der Waals surface area contributed by atoms with Gasteiger partial charge in [-0.05, 0) is 43.7 Å². The lowest BCUT2D eigenvalue weighted by Crippen LogP contribution is -2.48. The van der Waals surface area contributed by atoms with E-state index in [-0.39, 0.29) is 28.7 Å². The van der Waals surface area contributed by atoms with Crippen molar-refractivity contribution in [1.29, 1.82) is 0 Å². The van der Waals surface area contributed by atoms with Crippen LogP contribution in [0.5, 0.6) is 0 Å². The molecule has 136 valence electrons. The molecule has 1 amide bonds. The molecule has 1 aromatic carbocycles. The number of hydrogen-bond acceptors (Lipinski definition) is 3. The quantitative estimate of drug-likeness (QED) is 0.824. The van der Waals surface area contributed by atoms with Crippen LogP contribution in [0.4, 0.5) is 4.39 Å². The molecule has 1 aromatic rings. The molecule has 4 fully saturated rings. The van der Waals surface area contributed by atoms with Crippen LogP contribution in [0.1, 0.15) is 32.1 Å². The fraction of sp³-hybridized carbons (Fsp3) is 0.611. The lowest BCUT2D eigenvalue weighted by Gasteiger charge is -2.35. The van der Waals surface area contributed by atoms with Crippen LogP contribution in [0.3, 0.4) is 0 Å². The summed E-state index contributed by atoms with van der Waals surface area (Å²) in [6, 6.07) is 5.27. The van der Waals surface area contributed by atoms with Crippen molar-refractivity contribution in [1.82, 2.24) is 9.21 Å². The molecule has 3 aliphatic heterocycles. The summed E-state index contributed by atoms with van der Waals surface area (Å²) in [6.45, 7) is 1.42. The zero-order valence-corrected chi connectivity index (χ0v) is 14.9. The van der Waals surface area contributed by atoms with Gasteiger partial charge in [-0.1, -0.05) is 18.6 Å². The molecule has 0 N–H and O–H groups in total. The highest BCUT2D eigenvalue weighted by atomic mass is 32.2. The van der Waals surface area contributed by atoms with Gasteiger partial charge in [-0.2, -0.15) is 4.31 Å². The van der Waals surface area contributed by atoms with Crippen molar-refractivity contribution in [2.75, 3.05) is 19.6 Å². The Bertz CT molecular complexity index is 778. The number of amides is 1. The van der Waals surface area contributed by atoms with Crippen molar-refractivity contribution in [3.8, 4) is 0 Å². The topological polar surface area (TPSA) is 57.7 Å². The van der Waals surface area contributed by atoms with Gasteiger partial charge in [0.05, 0.1) is 0 Å². The second-order valence-corrected chi connectivity index (χ2v) is 9.33. The van der Waals surface area contributed by atoms with E-state index in [0.29, 0.717) is 19.6 Å². The molecular formula is C18H23FN2O3S. The highest BCUT2D eigenvalue weighted by molar-refractivity contribution is 7.89. The molecule has 2 bridgehead atoms. The van der Waals surface area contributed by atoms with Gasteiger partial charge >= 0.3 is 0 Å². The van der Waals surface area contributed by atoms with Crippen LogP contribution in [0.2, 0.25) is 0 Å². The van der Waals surface area contributed by atoms with E-state index in [1.807, 2.05) is 4.90 Å². The number of halogens is 1. The fourth-order valence-corrected chi connectivity index (χ4v) is 6.00. The number of benzene rings is 1. The molecule has 5 rings (SSSR count). The third kappa shape index (κ3) is 2.97. The van der Waals surface area contributed by atoms with Crippen molar-refractivity contribution < 1.29 is 17.6 Å². The highest BCUT2D eigenvalue weighted by Gasteiger charge is 2.44. The molecule has 0 aromatic heterocycles. The van der Waals surface area contributed by atoms with E-state index < -0.39 is 15.8 Å². The molecule has 25 heavy (non-hydrogen) atoms. The Balaban J connectivity index is 1.60. The lowest BCUT2D eigenvalue weighted by atomic mass is 9.84. The van der Waals surface area contributed by atoms with Crippen LogP contribution in [0.15, 0.2) is 29.2 Å². The molecule has 1 saturated carbocycles. The molecule has 0 unspecified atom stereocenters. The maximum absolute atomic E-state index is 14.1. The molecule has 0 radical (unpaired) electrons. The summed E-state index contributed by atoms with van der Waals surface area (Å²) in [7, 11) is -3.89. The van der Waals surface area contributed by atoms with Crippen molar-refractivity contribution in [3.63, 3.8) is 0 Å². The molecule has 1 aliphatic carbocycles. The Labute approximate surface area is 147 Å². The molecule has 4 aliphatic rings. The van der Waals surface area contributed by atoms with Crippen LogP contribution in [-0.4, -0.2) is 49.2 Å². The first-order valence-electron chi connectivity index (χ1n) is 9.02. The minimum Gasteiger partial charge on any atom is -0.341 e. The number of piperidine rings is 1. The average molecular weight is 366 g/mol. The Morgan fingerprint density at radius 2 is 1.80 bits per heavy atom. The van der Waals surface area contributed by atoms with E-state index in [0.717, 1.165) is 32.1 Å². The zero-order valence-electron chi connectivity index (χ0n) is 14.1. The normalized spacial score (nSPS) is 27.8. The monoisotopic (exact) mass is 366 g/mol. The number of carbonyl (C=O) groups excluding carboxylic acids is 1. The molecule has 3 heterocycles. The Kier molecular flexibility index (Phi) is 4.32. The van der Waals surface area contributed by atoms with Gasteiger partial charge in [0.15, 0.2) is 0 Å². The first-order valence-corrected chi connectivity index (χ1v) is 10.5. The summed E-state index contributed by atoms with van der Waals surface area (Å²) in [6.07, 6.45) is 4.64. The number of rotatable bonds is 3. The average Bonchev–Trinajstić information content (AvgIpc) is 2.85. The van der Waals surface area contributed by atoms with Crippen molar-refractivity contribution in [2.24, 2.45) is 11.8 Å². The summed E-state index contributed by atoms with van der Waals surface area (Å²) in [4.78, 5) is 14.2. The van der Waals surface area contributed by atoms with Gasteiger partial charge in [0.2, 0.25) is 15.9 Å². The molecule has 3 saturated heterocycles. The summed E-state index contributed by atoms with van der Waals surface area (Å²) in [5.41, 5.74) is 0. The number of sulfonamides is 1. The van der Waals surface area contributed by atoms with Crippen molar-refractivity contribution in [3.05, 3.63) is 30.1 Å². The molecule has 7 heteroatoms. The highest BCUT2D eigenvalue weighted by Crippen LogP contribution is 2.35. The summed E-state index contributed by atoms with van der Waals surface area (Å²) in [5, 5.41) is 0. The smallest absolute Gasteiger partial charge is 0.246 e. The second-order valence-electron chi connectivity index (χ2n) is 7.47. The second kappa shape index (κ2) is 6.36. The third-order valence-electron chi connectivity index (χ3n) is 5.85. The van der Waals surface area contributed by atoms with Gasteiger partial charge in [0, 0.05) is 31.6 Å². The third-order valence-corrected chi connectivity index (χ3v) is 7.80. The van der Waals surface area contributed by atoms with Gasteiger partial charge < -0.3 is 4.90 Å². The summed E-state index contributed by atoms with van der Waals surface area (Å²) >= 11 is 0. The largest absolute Gasteiger partial charge is 0.341 e. The predicted molar refractivity (Wildman–Crippen MR) is 90.7 cm³/mol. The van der Waals surface area contributed by atoms with Gasteiger partial charge in [-0.25, -0.2) is 12.8 Å². The number of carbonyl (C=O) groups is 1.